The summed E-state index contributed by atoms with van der Waals surface area (Å²) in [6.45, 7) is 4.62. The van der Waals surface area contributed by atoms with Crippen LogP contribution in [0.5, 0.6) is 0 Å². The zero-order chi connectivity index (χ0) is 27.6. The molecule has 1 aromatic rings. The molecule has 0 aromatic heterocycles. The number of piperidine rings is 1. The molecule has 3 aliphatic rings. The van der Waals surface area contributed by atoms with E-state index in [2.05, 4.69) is 17.1 Å². The maximum absolute atomic E-state index is 13.7. The SMILES string of the molecule is CCCCN1C(=O)[C@@H](CC2(O)CCCCC2)NC(=O)C12CCN(Cc1ccc(S(=O)(=O)N(C)C)cc1)CC2.Cl. The quantitative estimate of drug-likeness (QED) is 0.462. The van der Waals surface area contributed by atoms with E-state index >= 15 is 0 Å². The fourth-order valence-corrected chi connectivity index (χ4v) is 7.16. The van der Waals surface area contributed by atoms with Crippen molar-refractivity contribution in [2.24, 2.45) is 0 Å². The third kappa shape index (κ3) is 6.78. The molecular weight excluding hydrogens is 540 g/mol. The highest BCUT2D eigenvalue weighted by atomic mass is 35.5. The molecular formula is C28H45ClN4O5S. The van der Waals surface area contributed by atoms with Crippen molar-refractivity contribution in [2.75, 3.05) is 33.7 Å². The van der Waals surface area contributed by atoms with E-state index in [9.17, 15) is 23.1 Å². The second-order valence-corrected chi connectivity index (χ2v) is 13.7. The molecule has 39 heavy (non-hydrogen) atoms. The van der Waals surface area contributed by atoms with Crippen LogP contribution in [0.15, 0.2) is 29.2 Å². The van der Waals surface area contributed by atoms with Gasteiger partial charge in [-0.2, -0.15) is 0 Å². The number of piperazine rings is 1. The third-order valence-corrected chi connectivity index (χ3v) is 10.5. The first-order valence-electron chi connectivity index (χ1n) is 14.1. The van der Waals surface area contributed by atoms with E-state index in [1.807, 2.05) is 17.0 Å². The lowest BCUT2D eigenvalue weighted by Crippen LogP contribution is -2.73. The lowest BCUT2D eigenvalue weighted by Gasteiger charge is -2.52. The number of sulfonamides is 1. The second-order valence-electron chi connectivity index (χ2n) is 11.6. The maximum Gasteiger partial charge on any atom is 0.246 e. The number of carbonyl (C=O) groups is 2. The van der Waals surface area contributed by atoms with E-state index in [4.69, 9.17) is 0 Å². The molecule has 1 aliphatic carbocycles. The average Bonchev–Trinajstić information content (AvgIpc) is 2.89. The summed E-state index contributed by atoms with van der Waals surface area (Å²) >= 11 is 0. The third-order valence-electron chi connectivity index (χ3n) is 8.70. The van der Waals surface area contributed by atoms with E-state index < -0.39 is 27.2 Å². The van der Waals surface area contributed by atoms with Crippen molar-refractivity contribution >= 4 is 34.2 Å². The number of benzene rings is 1. The largest absolute Gasteiger partial charge is 0.390 e. The Morgan fingerprint density at radius 2 is 1.64 bits per heavy atom. The minimum absolute atomic E-state index is 0. The molecule has 1 spiro atoms. The minimum Gasteiger partial charge on any atom is -0.390 e. The predicted octanol–water partition coefficient (Wildman–Crippen LogP) is 2.91. The molecule has 0 bridgehead atoms. The van der Waals surface area contributed by atoms with Crippen LogP contribution in [-0.2, 0) is 26.2 Å². The summed E-state index contributed by atoms with van der Waals surface area (Å²) in [7, 11) is -0.433. The molecule has 1 atom stereocenters. The monoisotopic (exact) mass is 584 g/mol. The van der Waals surface area contributed by atoms with Crippen LogP contribution < -0.4 is 5.32 Å². The Bertz CT molecular complexity index is 1100. The summed E-state index contributed by atoms with van der Waals surface area (Å²) < 4.78 is 25.9. The molecule has 3 fully saturated rings. The minimum atomic E-state index is -3.47. The molecule has 0 unspecified atom stereocenters. The molecule has 220 valence electrons. The molecule has 1 saturated carbocycles. The van der Waals surface area contributed by atoms with Crippen LogP contribution in [0, 0.1) is 0 Å². The molecule has 2 amide bonds. The summed E-state index contributed by atoms with van der Waals surface area (Å²) in [5.41, 5.74) is -0.721. The highest BCUT2D eigenvalue weighted by Gasteiger charge is 2.54. The molecule has 2 aliphatic heterocycles. The number of rotatable bonds is 9. The van der Waals surface area contributed by atoms with Gasteiger partial charge in [0, 0.05) is 46.7 Å². The molecule has 4 rings (SSSR count). The molecule has 2 heterocycles. The lowest BCUT2D eigenvalue weighted by atomic mass is 9.77. The molecule has 2 N–H and O–H groups in total. The Morgan fingerprint density at radius 1 is 1.03 bits per heavy atom. The number of halogens is 1. The standard InChI is InChI=1S/C28H44N4O5S.ClH/c1-4-5-17-32-25(33)24(20-27(35)13-7-6-8-14-27)29-26(34)28(32)15-18-31(19-16-28)21-22-9-11-23(12-10-22)38(36,37)30(2)3;/h9-12,24,35H,4-8,13-21H2,1-3H3,(H,29,34);1H/t24-;/m1./s1. The fourth-order valence-electron chi connectivity index (χ4n) is 6.26. The smallest absolute Gasteiger partial charge is 0.246 e. The Balaban J connectivity index is 0.00000420. The first-order valence-corrected chi connectivity index (χ1v) is 15.5. The van der Waals surface area contributed by atoms with E-state index in [0.717, 1.165) is 37.7 Å². The molecule has 11 heteroatoms. The molecule has 0 radical (unpaired) electrons. The van der Waals surface area contributed by atoms with Crippen molar-refractivity contribution in [3.8, 4) is 0 Å². The van der Waals surface area contributed by atoms with E-state index in [1.165, 1.54) is 18.4 Å². The van der Waals surface area contributed by atoms with E-state index in [0.29, 0.717) is 58.3 Å². The van der Waals surface area contributed by atoms with Gasteiger partial charge in [0.2, 0.25) is 21.8 Å². The summed E-state index contributed by atoms with van der Waals surface area (Å²) in [6, 6.07) is 6.28. The van der Waals surface area contributed by atoms with Gasteiger partial charge in [-0.25, -0.2) is 12.7 Å². The average molecular weight is 585 g/mol. The van der Waals surface area contributed by atoms with Crippen LogP contribution in [0.25, 0.3) is 0 Å². The predicted molar refractivity (Wildman–Crippen MR) is 153 cm³/mol. The highest BCUT2D eigenvalue weighted by Crippen LogP contribution is 2.37. The first-order chi connectivity index (χ1) is 18.0. The van der Waals surface area contributed by atoms with Crippen LogP contribution in [0.4, 0.5) is 0 Å². The van der Waals surface area contributed by atoms with E-state index in [1.54, 1.807) is 12.1 Å². The lowest BCUT2D eigenvalue weighted by molar-refractivity contribution is -0.163. The zero-order valence-corrected chi connectivity index (χ0v) is 25.2. The topological polar surface area (TPSA) is 110 Å². The number of aliphatic hydroxyl groups is 1. The van der Waals surface area contributed by atoms with Gasteiger partial charge >= 0.3 is 0 Å². The Labute approximate surface area is 239 Å². The van der Waals surface area contributed by atoms with Crippen LogP contribution in [-0.4, -0.2) is 90.4 Å². The van der Waals surface area contributed by atoms with Crippen molar-refractivity contribution in [3.63, 3.8) is 0 Å². The van der Waals surface area contributed by atoms with Gasteiger partial charge < -0.3 is 15.3 Å². The van der Waals surface area contributed by atoms with Crippen LogP contribution >= 0.6 is 12.4 Å². The van der Waals surface area contributed by atoms with Crippen LogP contribution in [0.3, 0.4) is 0 Å². The number of hydrogen-bond acceptors (Lipinski definition) is 6. The first kappa shape index (κ1) is 31.8. The highest BCUT2D eigenvalue weighted by molar-refractivity contribution is 7.89. The number of unbranched alkanes of at least 4 members (excludes halogenated alkanes) is 1. The van der Waals surface area contributed by atoms with Gasteiger partial charge in [0.15, 0.2) is 0 Å². The van der Waals surface area contributed by atoms with Crippen molar-refractivity contribution in [1.82, 2.24) is 19.4 Å². The number of amides is 2. The van der Waals surface area contributed by atoms with Crippen molar-refractivity contribution < 1.29 is 23.1 Å². The number of hydrogen-bond donors (Lipinski definition) is 2. The summed E-state index contributed by atoms with van der Waals surface area (Å²) in [4.78, 5) is 31.7. The fraction of sp³-hybridized carbons (Fsp3) is 0.714. The Hall–Kier alpha value is -1.72. The zero-order valence-electron chi connectivity index (χ0n) is 23.5. The van der Waals surface area contributed by atoms with Crippen molar-refractivity contribution in [2.45, 2.75) is 99.8 Å². The Kier molecular flexibility index (Phi) is 10.5. The van der Waals surface area contributed by atoms with Gasteiger partial charge in [0.25, 0.3) is 0 Å². The second kappa shape index (κ2) is 12.9. The molecule has 1 aromatic carbocycles. The maximum atomic E-state index is 13.7. The Morgan fingerprint density at radius 3 is 2.21 bits per heavy atom. The van der Waals surface area contributed by atoms with Crippen LogP contribution in [0.1, 0.15) is 76.7 Å². The van der Waals surface area contributed by atoms with Gasteiger partial charge in [-0.1, -0.05) is 44.7 Å². The van der Waals surface area contributed by atoms with Gasteiger partial charge in [-0.05, 0) is 49.8 Å². The number of likely N-dealkylation sites (tertiary alicyclic amines) is 1. The van der Waals surface area contributed by atoms with Crippen molar-refractivity contribution in [1.29, 1.82) is 0 Å². The van der Waals surface area contributed by atoms with Gasteiger partial charge in [-0.15, -0.1) is 12.4 Å². The van der Waals surface area contributed by atoms with Gasteiger partial charge in [0.1, 0.15) is 11.6 Å². The van der Waals surface area contributed by atoms with Gasteiger partial charge in [0.05, 0.1) is 10.5 Å². The van der Waals surface area contributed by atoms with Gasteiger partial charge in [-0.3, -0.25) is 14.5 Å². The summed E-state index contributed by atoms with van der Waals surface area (Å²) in [6.07, 6.45) is 7.56. The number of nitrogens with zero attached hydrogens (tertiary/aromatic N) is 3. The normalized spacial score (nSPS) is 23.5. The van der Waals surface area contributed by atoms with Crippen molar-refractivity contribution in [3.05, 3.63) is 29.8 Å². The van der Waals surface area contributed by atoms with E-state index in [-0.39, 0.29) is 29.1 Å². The number of nitrogens with one attached hydrogen (secondary N) is 1. The summed E-state index contributed by atoms with van der Waals surface area (Å²) in [5.74, 6) is -0.140. The molecule has 2 saturated heterocycles. The van der Waals surface area contributed by atoms with Crippen LogP contribution in [0.2, 0.25) is 0 Å². The summed E-state index contributed by atoms with van der Waals surface area (Å²) in [5, 5.41) is 14.1. The number of carbonyl (C=O) groups excluding carboxylic acids is 2. The molecule has 9 nitrogen and oxygen atoms in total.